The lowest BCUT2D eigenvalue weighted by molar-refractivity contribution is 0.210. The van der Waals surface area contributed by atoms with Gasteiger partial charge in [0, 0.05) is 0 Å². The maximum Gasteiger partial charge on any atom is -0.0175 e. The molecule has 3 aliphatic carbocycles. The summed E-state index contributed by atoms with van der Waals surface area (Å²) < 4.78 is 0. The summed E-state index contributed by atoms with van der Waals surface area (Å²) in [5.74, 6) is 5.56. The summed E-state index contributed by atoms with van der Waals surface area (Å²) in [6, 6.07) is 0. The second kappa shape index (κ2) is 1.34. The molecule has 4 unspecified atom stereocenters. The molecule has 0 heterocycles. The maximum absolute atomic E-state index is 4.07. The highest BCUT2D eigenvalue weighted by Gasteiger charge is 2.69. The van der Waals surface area contributed by atoms with Gasteiger partial charge in [-0.25, -0.2) is 0 Å². The third kappa shape index (κ3) is 0.398. The van der Waals surface area contributed by atoms with Crippen molar-refractivity contribution in [1.29, 1.82) is 0 Å². The van der Waals surface area contributed by atoms with Crippen LogP contribution >= 0.6 is 0 Å². The fourth-order valence-corrected chi connectivity index (χ4v) is 3.52. The van der Waals surface area contributed by atoms with Crippen molar-refractivity contribution in [2.24, 2.45) is 29.6 Å². The molecule has 10 heavy (non-hydrogen) atoms. The zero-order valence-electron chi connectivity index (χ0n) is 6.51. The second-order valence-corrected chi connectivity index (χ2v) is 4.49. The van der Waals surface area contributed by atoms with E-state index in [1.165, 1.54) is 23.8 Å². The first kappa shape index (κ1) is 5.40. The van der Waals surface area contributed by atoms with Gasteiger partial charge in [0.05, 0.1) is 0 Å². The van der Waals surface area contributed by atoms with E-state index in [-0.39, 0.29) is 0 Å². The fraction of sp³-hybridized carbons (Fsp3) is 0.800. The Morgan fingerprint density at radius 1 is 1.20 bits per heavy atom. The van der Waals surface area contributed by atoms with Crippen molar-refractivity contribution in [3.8, 4) is 0 Å². The maximum atomic E-state index is 4.07. The van der Waals surface area contributed by atoms with Gasteiger partial charge in [-0.2, -0.15) is 0 Å². The first-order chi connectivity index (χ1) is 4.79. The Balaban J connectivity index is 1.86. The highest BCUT2D eigenvalue weighted by Crippen LogP contribution is 2.75. The first-order valence-corrected chi connectivity index (χ1v) is 4.44. The molecule has 0 heteroatoms. The van der Waals surface area contributed by atoms with E-state index in [1.807, 2.05) is 0 Å². The van der Waals surface area contributed by atoms with E-state index < -0.39 is 0 Å². The first-order valence-electron chi connectivity index (χ1n) is 4.44. The van der Waals surface area contributed by atoms with Gasteiger partial charge in [-0.15, -0.1) is 0 Å². The Morgan fingerprint density at radius 3 is 2.20 bits per heavy atom. The van der Waals surface area contributed by atoms with Crippen LogP contribution in [0.25, 0.3) is 0 Å². The van der Waals surface area contributed by atoms with E-state index in [4.69, 9.17) is 0 Å². The van der Waals surface area contributed by atoms with Gasteiger partial charge in [-0.3, -0.25) is 0 Å². The summed E-state index contributed by atoms with van der Waals surface area (Å²) in [4.78, 5) is 0. The van der Waals surface area contributed by atoms with Gasteiger partial charge in [0.15, 0.2) is 0 Å². The van der Waals surface area contributed by atoms with E-state index in [0.29, 0.717) is 0 Å². The van der Waals surface area contributed by atoms with Crippen LogP contribution in [0.4, 0.5) is 0 Å². The van der Waals surface area contributed by atoms with Crippen molar-refractivity contribution in [1.82, 2.24) is 0 Å². The molecule has 3 aliphatic rings. The monoisotopic (exact) mass is 134 g/mol. The molecule has 0 N–H and O–H groups in total. The molecule has 0 radical (unpaired) electrons. The Hall–Kier alpha value is -0.260. The van der Waals surface area contributed by atoms with Gasteiger partial charge in [0.2, 0.25) is 0 Å². The van der Waals surface area contributed by atoms with E-state index in [0.717, 1.165) is 17.8 Å². The largest absolute Gasteiger partial charge is 0.0999 e. The predicted octanol–water partition coefficient (Wildman–Crippen LogP) is 2.46. The van der Waals surface area contributed by atoms with Crippen LogP contribution < -0.4 is 0 Å². The molecule has 0 nitrogen and oxygen atoms in total. The molecule has 3 rings (SSSR count). The molecule has 0 saturated heterocycles. The standard InChI is InChI=1S/C10H14/c1-5(2)6-3-8-9-4-7(6)10(8)9/h6-10H,1,3-4H2,2H3/t6-,7?,8?,9?,10?/m1/s1. The van der Waals surface area contributed by atoms with Crippen molar-refractivity contribution in [2.45, 2.75) is 19.8 Å². The summed E-state index contributed by atoms with van der Waals surface area (Å²) in [5, 5.41) is 0. The molecule has 0 spiro atoms. The zero-order chi connectivity index (χ0) is 6.88. The lowest BCUT2D eigenvalue weighted by Crippen LogP contribution is -2.24. The SMILES string of the molecule is C=C(C)[C@H]1CC2C3CC1C32. The van der Waals surface area contributed by atoms with Gasteiger partial charge < -0.3 is 0 Å². The van der Waals surface area contributed by atoms with Gasteiger partial charge in [-0.05, 0) is 49.4 Å². The highest BCUT2D eigenvalue weighted by molar-refractivity contribution is 5.22. The predicted molar refractivity (Wildman–Crippen MR) is 41.5 cm³/mol. The lowest BCUT2D eigenvalue weighted by Gasteiger charge is -2.32. The Kier molecular flexibility index (Phi) is 0.725. The van der Waals surface area contributed by atoms with Crippen molar-refractivity contribution in [3.05, 3.63) is 12.2 Å². The van der Waals surface area contributed by atoms with E-state index in [1.54, 1.807) is 6.42 Å². The zero-order valence-corrected chi connectivity index (χ0v) is 6.51. The molecule has 0 aromatic heterocycles. The molecule has 0 aromatic rings. The summed E-state index contributed by atoms with van der Waals surface area (Å²) in [6.07, 6.45) is 3.04. The molecule has 0 amide bonds. The summed E-state index contributed by atoms with van der Waals surface area (Å²) in [5.41, 5.74) is 1.45. The Labute approximate surface area is 62.3 Å². The number of fused-ring (bicyclic) bond motifs is 1. The number of hydrogen-bond acceptors (Lipinski definition) is 0. The minimum atomic E-state index is 0.931. The average molecular weight is 134 g/mol. The van der Waals surface area contributed by atoms with E-state index in [9.17, 15) is 0 Å². The van der Waals surface area contributed by atoms with Crippen molar-refractivity contribution in [3.63, 3.8) is 0 Å². The van der Waals surface area contributed by atoms with Gasteiger partial charge in [0.1, 0.15) is 0 Å². The van der Waals surface area contributed by atoms with Gasteiger partial charge in [0.25, 0.3) is 0 Å². The smallest absolute Gasteiger partial charge is 0.0175 e. The molecule has 5 atom stereocenters. The van der Waals surface area contributed by atoms with E-state index in [2.05, 4.69) is 13.5 Å². The fourth-order valence-electron chi connectivity index (χ4n) is 3.52. The van der Waals surface area contributed by atoms with Crippen LogP contribution in [0, 0.1) is 29.6 Å². The highest BCUT2D eigenvalue weighted by atomic mass is 14.7. The average Bonchev–Trinajstić information content (AvgIpc) is 2.24. The van der Waals surface area contributed by atoms with Crippen LogP contribution in [0.1, 0.15) is 19.8 Å². The molecule has 54 valence electrons. The molecule has 3 saturated carbocycles. The minimum absolute atomic E-state index is 0.931. The van der Waals surface area contributed by atoms with Crippen LogP contribution in [0.5, 0.6) is 0 Å². The van der Waals surface area contributed by atoms with Crippen molar-refractivity contribution < 1.29 is 0 Å². The van der Waals surface area contributed by atoms with Gasteiger partial charge >= 0.3 is 0 Å². The third-order valence-corrected chi connectivity index (χ3v) is 4.11. The number of rotatable bonds is 1. The molecule has 0 aliphatic heterocycles. The topological polar surface area (TPSA) is 0 Å². The number of allylic oxidation sites excluding steroid dienone is 1. The molecular weight excluding hydrogens is 120 g/mol. The van der Waals surface area contributed by atoms with Crippen LogP contribution in [-0.2, 0) is 0 Å². The van der Waals surface area contributed by atoms with Crippen LogP contribution in [0.2, 0.25) is 0 Å². The summed E-state index contributed by atoms with van der Waals surface area (Å²) in [6.45, 7) is 6.28. The molecular formula is C10H14. The lowest BCUT2D eigenvalue weighted by atomic mass is 9.72. The summed E-state index contributed by atoms with van der Waals surface area (Å²) >= 11 is 0. The van der Waals surface area contributed by atoms with Gasteiger partial charge in [-0.1, -0.05) is 12.2 Å². The van der Waals surface area contributed by atoms with Crippen LogP contribution in [0.3, 0.4) is 0 Å². The number of hydrogen-bond donors (Lipinski definition) is 0. The quantitative estimate of drug-likeness (QED) is 0.483. The minimum Gasteiger partial charge on any atom is -0.0999 e. The molecule has 0 aromatic carbocycles. The molecule has 0 bridgehead atoms. The van der Waals surface area contributed by atoms with Crippen LogP contribution in [0.15, 0.2) is 12.2 Å². The third-order valence-electron chi connectivity index (χ3n) is 4.11. The van der Waals surface area contributed by atoms with Crippen LogP contribution in [-0.4, -0.2) is 0 Å². The van der Waals surface area contributed by atoms with E-state index >= 15 is 0 Å². The Bertz CT molecular complexity index is 200. The normalized spacial score (nSPS) is 61.1. The summed E-state index contributed by atoms with van der Waals surface area (Å²) in [7, 11) is 0. The Morgan fingerprint density at radius 2 is 1.90 bits per heavy atom. The second-order valence-electron chi connectivity index (χ2n) is 4.49. The van der Waals surface area contributed by atoms with Crippen molar-refractivity contribution >= 4 is 0 Å². The molecule has 3 fully saturated rings. The van der Waals surface area contributed by atoms with Crippen molar-refractivity contribution in [2.75, 3.05) is 0 Å².